The highest BCUT2D eigenvalue weighted by molar-refractivity contribution is 7.14. The van der Waals surface area contributed by atoms with Gasteiger partial charge < -0.3 is 5.32 Å². The number of rotatable bonds is 4. The Morgan fingerprint density at radius 2 is 2.33 bits per heavy atom. The highest BCUT2D eigenvalue weighted by Gasteiger charge is 2.20. The van der Waals surface area contributed by atoms with Gasteiger partial charge in [-0.2, -0.15) is 0 Å². The largest absolute Gasteiger partial charge is 0.351 e. The number of carbonyl (C=O) groups excluding carboxylic acids is 1. The van der Waals surface area contributed by atoms with Gasteiger partial charge in [-0.3, -0.25) is 9.20 Å². The van der Waals surface area contributed by atoms with Gasteiger partial charge in [0.15, 0.2) is 5.65 Å². The fourth-order valence-electron chi connectivity index (χ4n) is 3.25. The van der Waals surface area contributed by atoms with E-state index in [1.54, 1.807) is 11.3 Å². The third kappa shape index (κ3) is 2.94. The monoisotopic (exact) mass is 340 g/mol. The second-order valence-electron chi connectivity index (χ2n) is 6.46. The van der Waals surface area contributed by atoms with E-state index in [1.807, 2.05) is 28.8 Å². The summed E-state index contributed by atoms with van der Waals surface area (Å²) in [6.45, 7) is 2.84. The van der Waals surface area contributed by atoms with E-state index in [1.165, 1.54) is 16.9 Å². The summed E-state index contributed by atoms with van der Waals surface area (Å²) in [5, 5.41) is 11.3. The van der Waals surface area contributed by atoms with E-state index < -0.39 is 0 Å². The Kier molecular flexibility index (Phi) is 4.06. The number of carbonyl (C=O) groups is 1. The molecular weight excluding hydrogens is 320 g/mol. The molecule has 0 aromatic carbocycles. The molecule has 0 fully saturated rings. The van der Waals surface area contributed by atoms with Crippen LogP contribution in [0.4, 0.5) is 0 Å². The fraction of sp³-hybridized carbons (Fsp3) is 0.389. The number of hydrogen-bond acceptors (Lipinski definition) is 4. The molecule has 3 aromatic rings. The zero-order valence-electron chi connectivity index (χ0n) is 13.7. The van der Waals surface area contributed by atoms with Crippen LogP contribution in [0, 0.1) is 5.92 Å². The molecular formula is C18H20N4OS. The third-order valence-corrected chi connectivity index (χ3v) is 5.81. The van der Waals surface area contributed by atoms with Gasteiger partial charge in [-0.25, -0.2) is 0 Å². The van der Waals surface area contributed by atoms with Gasteiger partial charge in [-0.15, -0.1) is 21.5 Å². The summed E-state index contributed by atoms with van der Waals surface area (Å²) in [6, 6.07) is 7.90. The van der Waals surface area contributed by atoms with Crippen LogP contribution in [0.3, 0.4) is 0 Å². The molecule has 124 valence electrons. The predicted octanol–water partition coefficient (Wildman–Crippen LogP) is 2.89. The van der Waals surface area contributed by atoms with E-state index >= 15 is 0 Å². The van der Waals surface area contributed by atoms with E-state index in [9.17, 15) is 4.79 Å². The van der Waals surface area contributed by atoms with Crippen LogP contribution >= 0.6 is 11.3 Å². The van der Waals surface area contributed by atoms with Crippen LogP contribution in [0.2, 0.25) is 0 Å². The van der Waals surface area contributed by atoms with Crippen LogP contribution in [-0.2, 0) is 19.3 Å². The molecule has 6 heteroatoms. The lowest BCUT2D eigenvalue weighted by atomic mass is 9.90. The van der Waals surface area contributed by atoms with Gasteiger partial charge in [-0.05, 0) is 48.9 Å². The number of pyridine rings is 1. The number of nitrogens with zero attached hydrogens (tertiary/aromatic N) is 3. The molecule has 4 rings (SSSR count). The molecule has 1 aliphatic rings. The maximum absolute atomic E-state index is 12.4. The van der Waals surface area contributed by atoms with Gasteiger partial charge in [0.1, 0.15) is 5.82 Å². The molecule has 0 radical (unpaired) electrons. The summed E-state index contributed by atoms with van der Waals surface area (Å²) in [5.74, 6) is 1.62. The minimum Gasteiger partial charge on any atom is -0.351 e. The zero-order chi connectivity index (χ0) is 16.5. The molecule has 0 bridgehead atoms. The van der Waals surface area contributed by atoms with Crippen molar-refractivity contribution in [3.05, 3.63) is 51.6 Å². The topological polar surface area (TPSA) is 59.3 Å². The number of fused-ring (bicyclic) bond motifs is 2. The minimum absolute atomic E-state index is 0.0240. The second-order valence-corrected chi connectivity index (χ2v) is 7.59. The SMILES string of the molecule is CC1CCc2sc(C(=O)NCCc3nnc4ccccn34)cc2C1. The van der Waals surface area contributed by atoms with Crippen molar-refractivity contribution in [2.45, 2.75) is 32.6 Å². The first-order valence-electron chi connectivity index (χ1n) is 8.39. The van der Waals surface area contributed by atoms with Crippen molar-refractivity contribution in [3.8, 4) is 0 Å². The van der Waals surface area contributed by atoms with Crippen LogP contribution in [0.25, 0.3) is 5.65 Å². The van der Waals surface area contributed by atoms with Gasteiger partial charge >= 0.3 is 0 Å². The number of hydrogen-bond donors (Lipinski definition) is 1. The summed E-state index contributed by atoms with van der Waals surface area (Å²) in [6.07, 6.45) is 6.06. The van der Waals surface area contributed by atoms with Crippen molar-refractivity contribution in [1.29, 1.82) is 0 Å². The average Bonchev–Trinajstić information content (AvgIpc) is 3.18. The Morgan fingerprint density at radius 3 is 3.25 bits per heavy atom. The molecule has 24 heavy (non-hydrogen) atoms. The minimum atomic E-state index is 0.0240. The van der Waals surface area contributed by atoms with E-state index in [0.717, 1.165) is 35.1 Å². The zero-order valence-corrected chi connectivity index (χ0v) is 14.5. The first kappa shape index (κ1) is 15.3. The standard InChI is InChI=1S/C18H20N4OS/c1-12-5-6-14-13(10-12)11-15(24-14)18(23)19-8-7-17-21-20-16-4-2-3-9-22(16)17/h2-4,9,11-12H,5-8,10H2,1H3,(H,19,23). The first-order chi connectivity index (χ1) is 11.7. The molecule has 1 unspecified atom stereocenters. The summed E-state index contributed by atoms with van der Waals surface area (Å²) in [4.78, 5) is 14.6. The van der Waals surface area contributed by atoms with Crippen molar-refractivity contribution >= 4 is 22.9 Å². The molecule has 0 spiro atoms. The Morgan fingerprint density at radius 1 is 1.42 bits per heavy atom. The van der Waals surface area contributed by atoms with E-state index in [4.69, 9.17) is 0 Å². The maximum Gasteiger partial charge on any atom is 0.261 e. The summed E-state index contributed by atoms with van der Waals surface area (Å²) in [5.41, 5.74) is 2.20. The number of aromatic nitrogens is 3. The smallest absolute Gasteiger partial charge is 0.261 e. The quantitative estimate of drug-likeness (QED) is 0.794. The number of nitrogens with one attached hydrogen (secondary N) is 1. The lowest BCUT2D eigenvalue weighted by molar-refractivity contribution is 0.0958. The molecule has 0 saturated heterocycles. The lowest BCUT2D eigenvalue weighted by Gasteiger charge is -2.16. The van der Waals surface area contributed by atoms with Crippen molar-refractivity contribution in [2.75, 3.05) is 6.54 Å². The number of thiophene rings is 1. The fourth-order valence-corrected chi connectivity index (χ4v) is 4.38. The molecule has 1 atom stereocenters. The third-order valence-electron chi connectivity index (χ3n) is 4.57. The Hall–Kier alpha value is -2.21. The van der Waals surface area contributed by atoms with E-state index in [2.05, 4.69) is 28.5 Å². The van der Waals surface area contributed by atoms with Gasteiger partial charge in [-0.1, -0.05) is 13.0 Å². The molecule has 3 aromatic heterocycles. The summed E-state index contributed by atoms with van der Waals surface area (Å²) >= 11 is 1.65. The van der Waals surface area contributed by atoms with Crippen molar-refractivity contribution < 1.29 is 4.79 Å². The van der Waals surface area contributed by atoms with E-state index in [0.29, 0.717) is 13.0 Å². The van der Waals surface area contributed by atoms with Gasteiger partial charge in [0.2, 0.25) is 0 Å². The van der Waals surface area contributed by atoms with Crippen molar-refractivity contribution in [2.24, 2.45) is 5.92 Å². The highest BCUT2D eigenvalue weighted by Crippen LogP contribution is 2.32. The molecule has 1 aliphatic carbocycles. The van der Waals surface area contributed by atoms with Gasteiger partial charge in [0.25, 0.3) is 5.91 Å². The number of aryl methyl sites for hydroxylation is 1. The number of amides is 1. The highest BCUT2D eigenvalue weighted by atomic mass is 32.1. The van der Waals surface area contributed by atoms with Crippen LogP contribution < -0.4 is 5.32 Å². The van der Waals surface area contributed by atoms with Crippen LogP contribution in [0.5, 0.6) is 0 Å². The second kappa shape index (κ2) is 6.36. The Bertz CT molecular complexity index is 882. The Balaban J connectivity index is 1.38. The van der Waals surface area contributed by atoms with Crippen LogP contribution in [0.1, 0.15) is 39.3 Å². The molecule has 5 nitrogen and oxygen atoms in total. The maximum atomic E-state index is 12.4. The first-order valence-corrected chi connectivity index (χ1v) is 9.21. The normalized spacial score (nSPS) is 17.0. The molecule has 1 amide bonds. The molecule has 1 N–H and O–H groups in total. The summed E-state index contributed by atoms with van der Waals surface area (Å²) < 4.78 is 1.96. The van der Waals surface area contributed by atoms with Crippen LogP contribution in [0.15, 0.2) is 30.5 Å². The van der Waals surface area contributed by atoms with Crippen molar-refractivity contribution in [3.63, 3.8) is 0 Å². The predicted molar refractivity (Wildman–Crippen MR) is 94.5 cm³/mol. The molecule has 0 aliphatic heterocycles. The van der Waals surface area contributed by atoms with Crippen molar-refractivity contribution in [1.82, 2.24) is 19.9 Å². The molecule has 3 heterocycles. The summed E-state index contributed by atoms with van der Waals surface area (Å²) in [7, 11) is 0. The molecule has 0 saturated carbocycles. The van der Waals surface area contributed by atoms with E-state index in [-0.39, 0.29) is 5.91 Å². The lowest BCUT2D eigenvalue weighted by Crippen LogP contribution is -2.25. The van der Waals surface area contributed by atoms with Gasteiger partial charge in [0, 0.05) is 24.0 Å². The average molecular weight is 340 g/mol. The Labute approximate surface area is 144 Å². The van der Waals surface area contributed by atoms with Gasteiger partial charge in [0.05, 0.1) is 4.88 Å². The van der Waals surface area contributed by atoms with Crippen LogP contribution in [-0.4, -0.2) is 27.0 Å².